The number of ketones is 1. The van der Waals surface area contributed by atoms with Crippen LogP contribution in [0.3, 0.4) is 0 Å². The molecule has 1 aliphatic carbocycles. The number of ether oxygens (including phenoxy) is 2. The van der Waals surface area contributed by atoms with E-state index in [0.717, 1.165) is 47.4 Å². The molecular formula is C19H22N2O3. The molecule has 1 aromatic heterocycles. The topological polar surface area (TPSA) is 53.4 Å². The van der Waals surface area contributed by atoms with E-state index < -0.39 is 0 Å². The number of fused-ring (bicyclic) bond motifs is 1. The van der Waals surface area contributed by atoms with Crippen LogP contribution in [-0.2, 0) is 18.2 Å². The maximum Gasteiger partial charge on any atom is 0.192 e. The molecule has 126 valence electrons. The average molecular weight is 326 g/mol. The highest BCUT2D eigenvalue weighted by atomic mass is 16.5. The second-order valence-electron chi connectivity index (χ2n) is 5.89. The van der Waals surface area contributed by atoms with Gasteiger partial charge in [-0.15, -0.1) is 0 Å². The second kappa shape index (κ2) is 7.45. The maximum absolute atomic E-state index is 12.6. The molecule has 2 aromatic rings. The summed E-state index contributed by atoms with van der Waals surface area (Å²) >= 11 is 0. The average Bonchev–Trinajstić information content (AvgIpc) is 2.97. The van der Waals surface area contributed by atoms with Gasteiger partial charge in [0.2, 0.25) is 0 Å². The van der Waals surface area contributed by atoms with Gasteiger partial charge < -0.3 is 9.47 Å². The van der Waals surface area contributed by atoms with Crippen LogP contribution in [0, 0.1) is 0 Å². The van der Waals surface area contributed by atoms with Gasteiger partial charge in [-0.1, -0.05) is 12.1 Å². The quantitative estimate of drug-likeness (QED) is 0.605. The first kappa shape index (κ1) is 16.5. The third-order valence-electron chi connectivity index (χ3n) is 4.19. The summed E-state index contributed by atoms with van der Waals surface area (Å²) in [7, 11) is 3.56. The van der Waals surface area contributed by atoms with Gasteiger partial charge in [-0.25, -0.2) is 0 Å². The molecule has 0 amide bonds. The number of carbonyl (C=O) groups is 1. The van der Waals surface area contributed by atoms with Gasteiger partial charge in [-0.3, -0.25) is 9.48 Å². The number of methoxy groups -OCH3 is 1. The molecule has 0 atom stereocenters. The molecule has 0 fully saturated rings. The SMILES string of the molecule is COCCCOc1cccc(/C=C2/CCc3c(cnn3C)C2=O)c1. The number of rotatable bonds is 6. The Hall–Kier alpha value is -2.40. The van der Waals surface area contributed by atoms with Crippen molar-refractivity contribution < 1.29 is 14.3 Å². The highest BCUT2D eigenvalue weighted by molar-refractivity contribution is 6.12. The van der Waals surface area contributed by atoms with E-state index in [1.54, 1.807) is 18.0 Å². The number of hydrogen-bond donors (Lipinski definition) is 0. The number of nitrogens with zero attached hydrogens (tertiary/aromatic N) is 2. The first-order valence-electron chi connectivity index (χ1n) is 8.17. The molecular weight excluding hydrogens is 304 g/mol. The lowest BCUT2D eigenvalue weighted by atomic mass is 9.90. The van der Waals surface area contributed by atoms with Crippen molar-refractivity contribution in [2.75, 3.05) is 20.3 Å². The standard InChI is InChI=1S/C19H22N2O3/c1-21-18-8-7-15(19(22)17(18)13-20-21)11-14-5-3-6-16(12-14)24-10-4-9-23-2/h3,5-6,11-13H,4,7-10H2,1-2H3/b15-11-. The summed E-state index contributed by atoms with van der Waals surface area (Å²) in [5.41, 5.74) is 3.55. The molecule has 0 saturated heterocycles. The Balaban J connectivity index is 1.73. The van der Waals surface area contributed by atoms with E-state index in [4.69, 9.17) is 9.47 Å². The molecule has 0 unspecified atom stereocenters. The zero-order valence-electron chi connectivity index (χ0n) is 14.1. The molecule has 0 bridgehead atoms. The highest BCUT2D eigenvalue weighted by Gasteiger charge is 2.24. The molecule has 1 heterocycles. The molecule has 1 aliphatic rings. The van der Waals surface area contributed by atoms with Gasteiger partial charge in [0.15, 0.2) is 5.78 Å². The Morgan fingerprint density at radius 2 is 2.17 bits per heavy atom. The van der Waals surface area contributed by atoms with Crippen LogP contribution in [-0.4, -0.2) is 35.9 Å². The Labute approximate surface area is 141 Å². The zero-order chi connectivity index (χ0) is 16.9. The fourth-order valence-corrected chi connectivity index (χ4v) is 2.91. The first-order chi connectivity index (χ1) is 11.7. The summed E-state index contributed by atoms with van der Waals surface area (Å²) in [6.07, 6.45) is 6.06. The highest BCUT2D eigenvalue weighted by Crippen LogP contribution is 2.27. The Bertz CT molecular complexity index is 762. The number of carbonyl (C=O) groups excluding carboxylic acids is 1. The van der Waals surface area contributed by atoms with Crippen LogP contribution in [0.4, 0.5) is 0 Å². The van der Waals surface area contributed by atoms with Crippen molar-refractivity contribution in [1.82, 2.24) is 9.78 Å². The lowest BCUT2D eigenvalue weighted by Crippen LogP contribution is -2.14. The number of benzene rings is 1. The van der Waals surface area contributed by atoms with Gasteiger partial charge in [-0.05, 0) is 36.6 Å². The minimum atomic E-state index is 0.0794. The third kappa shape index (κ3) is 3.57. The van der Waals surface area contributed by atoms with Gasteiger partial charge in [0.25, 0.3) is 0 Å². The summed E-state index contributed by atoms with van der Waals surface area (Å²) < 4.78 is 12.5. The van der Waals surface area contributed by atoms with Crippen LogP contribution in [0.15, 0.2) is 36.0 Å². The van der Waals surface area contributed by atoms with Gasteiger partial charge in [0.05, 0.1) is 18.4 Å². The molecule has 0 aliphatic heterocycles. The monoisotopic (exact) mass is 326 g/mol. The molecule has 0 N–H and O–H groups in total. The molecule has 0 radical (unpaired) electrons. The van der Waals surface area contributed by atoms with Crippen molar-refractivity contribution >= 4 is 11.9 Å². The number of aromatic nitrogens is 2. The predicted molar refractivity (Wildman–Crippen MR) is 92.3 cm³/mol. The second-order valence-corrected chi connectivity index (χ2v) is 5.89. The van der Waals surface area contributed by atoms with E-state index >= 15 is 0 Å². The minimum Gasteiger partial charge on any atom is -0.493 e. The molecule has 1 aromatic carbocycles. The molecule has 3 rings (SSSR count). The Morgan fingerprint density at radius 3 is 3.00 bits per heavy atom. The summed E-state index contributed by atoms with van der Waals surface area (Å²) in [5.74, 6) is 0.890. The van der Waals surface area contributed by atoms with E-state index in [0.29, 0.717) is 13.2 Å². The van der Waals surface area contributed by atoms with Crippen molar-refractivity contribution in [3.05, 3.63) is 52.9 Å². The van der Waals surface area contributed by atoms with Crippen molar-refractivity contribution in [2.24, 2.45) is 7.05 Å². The van der Waals surface area contributed by atoms with E-state index in [-0.39, 0.29) is 5.78 Å². The maximum atomic E-state index is 12.6. The van der Waals surface area contributed by atoms with Crippen LogP contribution in [0.1, 0.15) is 34.5 Å². The van der Waals surface area contributed by atoms with E-state index in [1.165, 1.54) is 0 Å². The lowest BCUT2D eigenvalue weighted by molar-refractivity contribution is 0.102. The molecule has 0 spiro atoms. The Morgan fingerprint density at radius 1 is 1.29 bits per heavy atom. The molecule has 5 heteroatoms. The molecule has 5 nitrogen and oxygen atoms in total. The predicted octanol–water partition coefficient (Wildman–Crippen LogP) is 3.05. The van der Waals surface area contributed by atoms with Crippen molar-refractivity contribution in [1.29, 1.82) is 0 Å². The van der Waals surface area contributed by atoms with Crippen LogP contribution >= 0.6 is 0 Å². The molecule has 24 heavy (non-hydrogen) atoms. The van der Waals surface area contributed by atoms with Gasteiger partial charge in [-0.2, -0.15) is 5.10 Å². The van der Waals surface area contributed by atoms with E-state index in [2.05, 4.69) is 5.10 Å². The van der Waals surface area contributed by atoms with Gasteiger partial charge in [0, 0.05) is 38.5 Å². The van der Waals surface area contributed by atoms with Gasteiger partial charge in [0.1, 0.15) is 5.75 Å². The normalized spacial score (nSPS) is 15.6. The largest absolute Gasteiger partial charge is 0.493 e. The summed E-state index contributed by atoms with van der Waals surface area (Å²) in [6.45, 7) is 1.30. The number of allylic oxidation sites excluding steroid dienone is 1. The van der Waals surface area contributed by atoms with Crippen molar-refractivity contribution in [2.45, 2.75) is 19.3 Å². The third-order valence-corrected chi connectivity index (χ3v) is 4.19. The first-order valence-corrected chi connectivity index (χ1v) is 8.17. The fourth-order valence-electron chi connectivity index (χ4n) is 2.91. The van der Waals surface area contributed by atoms with Crippen LogP contribution in [0.5, 0.6) is 5.75 Å². The number of aryl methyl sites for hydroxylation is 1. The van der Waals surface area contributed by atoms with E-state index in [1.807, 2.05) is 37.4 Å². The Kier molecular flexibility index (Phi) is 5.11. The summed E-state index contributed by atoms with van der Waals surface area (Å²) in [6, 6.07) is 7.82. The fraction of sp³-hybridized carbons (Fsp3) is 0.368. The minimum absolute atomic E-state index is 0.0794. The smallest absolute Gasteiger partial charge is 0.192 e. The zero-order valence-corrected chi connectivity index (χ0v) is 14.1. The van der Waals surface area contributed by atoms with Crippen molar-refractivity contribution in [3.8, 4) is 5.75 Å². The van der Waals surface area contributed by atoms with E-state index in [9.17, 15) is 4.79 Å². The summed E-state index contributed by atoms with van der Waals surface area (Å²) in [5, 5.41) is 4.19. The number of Topliss-reactive ketones (excluding diaryl/α,β-unsaturated/α-hetero) is 1. The van der Waals surface area contributed by atoms with Crippen LogP contribution in [0.25, 0.3) is 6.08 Å². The molecule has 0 saturated carbocycles. The number of hydrogen-bond acceptors (Lipinski definition) is 4. The van der Waals surface area contributed by atoms with Gasteiger partial charge >= 0.3 is 0 Å². The lowest BCUT2D eigenvalue weighted by Gasteiger charge is -2.14. The van der Waals surface area contributed by atoms with Crippen molar-refractivity contribution in [3.63, 3.8) is 0 Å². The summed E-state index contributed by atoms with van der Waals surface area (Å²) in [4.78, 5) is 12.6. The van der Waals surface area contributed by atoms with Crippen LogP contribution < -0.4 is 4.74 Å². The van der Waals surface area contributed by atoms with Crippen LogP contribution in [0.2, 0.25) is 0 Å².